The van der Waals surface area contributed by atoms with Crippen molar-refractivity contribution in [3.63, 3.8) is 0 Å². The third-order valence-corrected chi connectivity index (χ3v) is 7.35. The fraction of sp³-hybridized carbons (Fsp3) is 0.143. The highest BCUT2D eigenvalue weighted by atomic mass is 16.5. The number of nitrogens with zero attached hydrogens (tertiary/aromatic N) is 3. The SMILES string of the molecule is C=C(OCC)c1ccc(-c2cn([C@H](c3ccccc3)c3ccccn3)c3cc(-c4c(C)noc4C)ccc23)cc1. The molecule has 3 heterocycles. The van der Waals surface area contributed by atoms with E-state index in [0.29, 0.717) is 12.4 Å². The number of hydrogen-bond donors (Lipinski definition) is 0. The van der Waals surface area contributed by atoms with Crippen LogP contribution >= 0.6 is 0 Å². The van der Waals surface area contributed by atoms with Gasteiger partial charge in [0.25, 0.3) is 0 Å². The molecular weight excluding hydrogens is 494 g/mol. The van der Waals surface area contributed by atoms with Crippen LogP contribution in [0.15, 0.2) is 114 Å². The molecule has 6 rings (SSSR count). The number of hydrogen-bond acceptors (Lipinski definition) is 4. The van der Waals surface area contributed by atoms with Crippen LogP contribution in [0.25, 0.3) is 38.9 Å². The Labute approximate surface area is 234 Å². The zero-order chi connectivity index (χ0) is 27.6. The zero-order valence-electron chi connectivity index (χ0n) is 23.0. The maximum absolute atomic E-state index is 5.63. The topological polar surface area (TPSA) is 53.1 Å². The van der Waals surface area contributed by atoms with Gasteiger partial charge in [0, 0.05) is 34.5 Å². The smallest absolute Gasteiger partial charge is 0.141 e. The van der Waals surface area contributed by atoms with Crippen LogP contribution in [-0.4, -0.2) is 21.3 Å². The number of benzene rings is 3. The second-order valence-corrected chi connectivity index (χ2v) is 9.88. The summed E-state index contributed by atoms with van der Waals surface area (Å²) in [7, 11) is 0. The molecule has 6 aromatic rings. The summed E-state index contributed by atoms with van der Waals surface area (Å²) in [4.78, 5) is 4.80. The number of aromatic nitrogens is 3. The quantitative estimate of drug-likeness (QED) is 0.187. The first-order chi connectivity index (χ1) is 19.5. The van der Waals surface area contributed by atoms with E-state index in [-0.39, 0.29) is 6.04 Å². The molecule has 0 unspecified atom stereocenters. The van der Waals surface area contributed by atoms with Gasteiger partial charge in [0.2, 0.25) is 0 Å². The van der Waals surface area contributed by atoms with Crippen LogP contribution < -0.4 is 0 Å². The van der Waals surface area contributed by atoms with Gasteiger partial charge in [-0.3, -0.25) is 4.98 Å². The summed E-state index contributed by atoms with van der Waals surface area (Å²) < 4.78 is 13.5. The maximum Gasteiger partial charge on any atom is 0.141 e. The molecule has 0 fully saturated rings. The Morgan fingerprint density at radius 2 is 1.68 bits per heavy atom. The fourth-order valence-electron chi connectivity index (χ4n) is 5.49. The number of pyridine rings is 1. The average molecular weight is 526 g/mol. The Morgan fingerprint density at radius 1 is 0.925 bits per heavy atom. The van der Waals surface area contributed by atoms with Crippen molar-refractivity contribution in [3.8, 4) is 22.3 Å². The average Bonchev–Trinajstić information content (AvgIpc) is 3.53. The Kier molecular flexibility index (Phi) is 6.79. The molecule has 0 spiro atoms. The van der Waals surface area contributed by atoms with Crippen LogP contribution in [0.1, 0.15) is 41.2 Å². The largest absolute Gasteiger partial charge is 0.494 e. The molecule has 5 nitrogen and oxygen atoms in total. The van der Waals surface area contributed by atoms with E-state index in [2.05, 4.69) is 95.3 Å². The molecule has 0 radical (unpaired) electrons. The normalized spacial score (nSPS) is 12.0. The molecule has 1 atom stereocenters. The summed E-state index contributed by atoms with van der Waals surface area (Å²) in [6.07, 6.45) is 4.11. The third kappa shape index (κ3) is 4.60. The van der Waals surface area contributed by atoms with Crippen LogP contribution in [0.4, 0.5) is 0 Å². The minimum absolute atomic E-state index is 0.115. The van der Waals surface area contributed by atoms with Crippen LogP contribution in [0.3, 0.4) is 0 Å². The minimum atomic E-state index is -0.115. The molecular formula is C35H31N3O2. The standard InChI is InChI=1S/C35H31N3O2/c1-5-39-24(3)26-14-16-27(17-15-26)31-22-38(35(28-11-7-6-8-12-28)32-13-9-10-20-36-32)33-21-29(18-19-30(31)33)34-23(2)37-40-25(34)4/h6-22,35H,3,5H2,1-2,4H3/t35-/m1/s1. The molecule has 0 aliphatic heterocycles. The molecule has 0 aliphatic carbocycles. The van der Waals surface area contributed by atoms with Crippen LogP contribution in [-0.2, 0) is 4.74 Å². The third-order valence-electron chi connectivity index (χ3n) is 7.35. The Morgan fingerprint density at radius 3 is 2.35 bits per heavy atom. The van der Waals surface area contributed by atoms with E-state index >= 15 is 0 Å². The minimum Gasteiger partial charge on any atom is -0.494 e. The first-order valence-electron chi connectivity index (χ1n) is 13.5. The highest BCUT2D eigenvalue weighted by Crippen LogP contribution is 2.39. The van der Waals surface area contributed by atoms with Gasteiger partial charge in [-0.05, 0) is 55.7 Å². The number of ether oxygens (including phenoxy) is 1. The lowest BCUT2D eigenvalue weighted by molar-refractivity contribution is 0.299. The highest BCUT2D eigenvalue weighted by molar-refractivity contribution is 5.98. The summed E-state index contributed by atoms with van der Waals surface area (Å²) in [6, 6.07) is 31.5. The van der Waals surface area contributed by atoms with E-state index in [0.717, 1.165) is 61.4 Å². The second-order valence-electron chi connectivity index (χ2n) is 9.88. The molecule has 3 aromatic carbocycles. The lowest BCUT2D eigenvalue weighted by Crippen LogP contribution is -2.12. The molecule has 0 N–H and O–H groups in total. The van der Waals surface area contributed by atoms with Crippen molar-refractivity contribution in [2.75, 3.05) is 6.61 Å². The summed E-state index contributed by atoms with van der Waals surface area (Å²) in [5, 5.41) is 5.36. The molecule has 5 heteroatoms. The first-order valence-corrected chi connectivity index (χ1v) is 13.5. The van der Waals surface area contributed by atoms with E-state index in [4.69, 9.17) is 14.2 Å². The van der Waals surface area contributed by atoms with Gasteiger partial charge >= 0.3 is 0 Å². The predicted molar refractivity (Wildman–Crippen MR) is 161 cm³/mol. The monoisotopic (exact) mass is 525 g/mol. The zero-order valence-corrected chi connectivity index (χ0v) is 23.0. The molecule has 0 saturated heterocycles. The van der Waals surface area contributed by atoms with Gasteiger partial charge in [-0.2, -0.15) is 0 Å². The van der Waals surface area contributed by atoms with Gasteiger partial charge in [0.15, 0.2) is 0 Å². The van der Waals surface area contributed by atoms with Crippen molar-refractivity contribution in [2.24, 2.45) is 0 Å². The molecule has 0 aliphatic rings. The van der Waals surface area contributed by atoms with Crippen LogP contribution in [0.2, 0.25) is 0 Å². The van der Waals surface area contributed by atoms with Crippen molar-refractivity contribution in [1.29, 1.82) is 0 Å². The van der Waals surface area contributed by atoms with Gasteiger partial charge < -0.3 is 13.8 Å². The number of fused-ring (bicyclic) bond motifs is 1. The number of aryl methyl sites for hydroxylation is 2. The van der Waals surface area contributed by atoms with Crippen LogP contribution in [0, 0.1) is 13.8 Å². The van der Waals surface area contributed by atoms with Crippen molar-refractivity contribution in [1.82, 2.24) is 14.7 Å². The molecule has 0 bridgehead atoms. The maximum atomic E-state index is 5.63. The molecule has 0 saturated carbocycles. The highest BCUT2D eigenvalue weighted by Gasteiger charge is 2.23. The summed E-state index contributed by atoms with van der Waals surface area (Å²) in [6.45, 7) is 10.6. The van der Waals surface area contributed by atoms with Crippen molar-refractivity contribution in [3.05, 3.63) is 138 Å². The Hall–Kier alpha value is -4.90. The van der Waals surface area contributed by atoms with Gasteiger partial charge in [0.05, 0.1) is 23.5 Å². The predicted octanol–water partition coefficient (Wildman–Crippen LogP) is 8.62. The molecule has 0 amide bonds. The van der Waals surface area contributed by atoms with E-state index in [9.17, 15) is 0 Å². The number of rotatable bonds is 8. The van der Waals surface area contributed by atoms with Gasteiger partial charge in [-0.15, -0.1) is 0 Å². The van der Waals surface area contributed by atoms with Gasteiger partial charge in [-0.25, -0.2) is 0 Å². The Balaban J connectivity index is 1.59. The summed E-state index contributed by atoms with van der Waals surface area (Å²) in [5.41, 5.74) is 9.47. The van der Waals surface area contributed by atoms with E-state index in [1.165, 1.54) is 0 Å². The van der Waals surface area contributed by atoms with E-state index in [1.807, 2.05) is 45.2 Å². The van der Waals surface area contributed by atoms with E-state index < -0.39 is 0 Å². The molecule has 3 aromatic heterocycles. The Bertz CT molecular complexity index is 1720. The lowest BCUT2D eigenvalue weighted by atomic mass is 9.99. The lowest BCUT2D eigenvalue weighted by Gasteiger charge is -2.21. The van der Waals surface area contributed by atoms with Crippen molar-refractivity contribution < 1.29 is 9.26 Å². The van der Waals surface area contributed by atoms with Gasteiger partial charge in [0.1, 0.15) is 17.6 Å². The fourth-order valence-corrected chi connectivity index (χ4v) is 5.49. The molecule has 198 valence electrons. The van der Waals surface area contributed by atoms with E-state index in [1.54, 1.807) is 0 Å². The van der Waals surface area contributed by atoms with Gasteiger partial charge in [-0.1, -0.05) is 84.5 Å². The molecule has 40 heavy (non-hydrogen) atoms. The second kappa shape index (κ2) is 10.7. The first kappa shape index (κ1) is 25.4. The van der Waals surface area contributed by atoms with Crippen molar-refractivity contribution in [2.45, 2.75) is 26.8 Å². The van der Waals surface area contributed by atoms with Crippen molar-refractivity contribution >= 4 is 16.7 Å². The van der Waals surface area contributed by atoms with Crippen LogP contribution in [0.5, 0.6) is 0 Å². The summed E-state index contributed by atoms with van der Waals surface area (Å²) in [5.74, 6) is 1.49. The summed E-state index contributed by atoms with van der Waals surface area (Å²) >= 11 is 0.